The molecule has 6 heteroatoms. The first kappa shape index (κ1) is 17.5. The first-order chi connectivity index (χ1) is 12.0. The van der Waals surface area contributed by atoms with Crippen LogP contribution >= 0.6 is 11.6 Å². The highest BCUT2D eigenvalue weighted by Gasteiger charge is 2.20. The van der Waals surface area contributed by atoms with Gasteiger partial charge in [0.1, 0.15) is 0 Å². The molecule has 0 unspecified atom stereocenters. The second-order valence-corrected chi connectivity index (χ2v) is 6.52. The van der Waals surface area contributed by atoms with E-state index in [0.29, 0.717) is 34.9 Å². The molecule has 25 heavy (non-hydrogen) atoms. The van der Waals surface area contributed by atoms with Crippen molar-refractivity contribution in [3.63, 3.8) is 0 Å². The molecule has 0 atom stereocenters. The zero-order valence-corrected chi connectivity index (χ0v) is 14.8. The molecule has 0 spiro atoms. The van der Waals surface area contributed by atoms with Crippen molar-refractivity contribution in [1.82, 2.24) is 9.80 Å². The van der Waals surface area contributed by atoms with Crippen molar-refractivity contribution in [3.8, 4) is 0 Å². The Kier molecular flexibility index (Phi) is 5.36. The number of anilines is 1. The number of hydrogen-bond acceptors (Lipinski definition) is 3. The summed E-state index contributed by atoms with van der Waals surface area (Å²) < 4.78 is 0. The van der Waals surface area contributed by atoms with E-state index in [9.17, 15) is 9.59 Å². The standard InChI is InChI=1S/C19H20ClN3O2/c1-22-9-11-23(12-10-22)19(25)14-5-4-6-15(13-14)21-18(24)16-7-2-3-8-17(16)20/h2-8,13H,9-12H2,1H3,(H,21,24). The quantitative estimate of drug-likeness (QED) is 0.918. The van der Waals surface area contributed by atoms with Crippen LogP contribution in [-0.2, 0) is 0 Å². The van der Waals surface area contributed by atoms with Crippen molar-refractivity contribution in [3.05, 3.63) is 64.7 Å². The van der Waals surface area contributed by atoms with E-state index in [0.717, 1.165) is 13.1 Å². The molecule has 0 radical (unpaired) electrons. The monoisotopic (exact) mass is 357 g/mol. The SMILES string of the molecule is CN1CCN(C(=O)c2cccc(NC(=O)c3ccccc3Cl)c2)CC1. The third kappa shape index (κ3) is 4.18. The number of hydrogen-bond donors (Lipinski definition) is 1. The number of nitrogens with zero attached hydrogens (tertiary/aromatic N) is 2. The van der Waals surface area contributed by atoms with Crippen LogP contribution in [0.15, 0.2) is 48.5 Å². The Hall–Kier alpha value is -2.37. The summed E-state index contributed by atoms with van der Waals surface area (Å²) in [6.45, 7) is 3.17. The Balaban J connectivity index is 1.72. The van der Waals surface area contributed by atoms with Crippen molar-refractivity contribution in [2.45, 2.75) is 0 Å². The van der Waals surface area contributed by atoms with Crippen LogP contribution in [0, 0.1) is 0 Å². The van der Waals surface area contributed by atoms with Crippen molar-refractivity contribution in [2.75, 3.05) is 38.5 Å². The Bertz CT molecular complexity index is 786. The summed E-state index contributed by atoms with van der Waals surface area (Å²) in [5, 5.41) is 3.20. The van der Waals surface area contributed by atoms with Gasteiger partial charge in [-0.2, -0.15) is 0 Å². The lowest BCUT2D eigenvalue weighted by atomic mass is 10.1. The second kappa shape index (κ2) is 7.68. The molecule has 3 rings (SSSR count). The highest BCUT2D eigenvalue weighted by Crippen LogP contribution is 2.18. The molecule has 2 amide bonds. The Morgan fingerprint density at radius 3 is 2.44 bits per heavy atom. The number of likely N-dealkylation sites (N-methyl/N-ethyl adjacent to an activating group) is 1. The molecule has 0 bridgehead atoms. The first-order valence-corrected chi connectivity index (χ1v) is 8.56. The molecule has 0 aromatic heterocycles. The summed E-state index contributed by atoms with van der Waals surface area (Å²) in [4.78, 5) is 29.0. The topological polar surface area (TPSA) is 52.6 Å². The van der Waals surface area contributed by atoms with Gasteiger partial charge in [-0.15, -0.1) is 0 Å². The Morgan fingerprint density at radius 2 is 1.72 bits per heavy atom. The van der Waals surface area contributed by atoms with Crippen LogP contribution in [0.4, 0.5) is 5.69 Å². The van der Waals surface area contributed by atoms with Crippen LogP contribution in [0.3, 0.4) is 0 Å². The fraction of sp³-hybridized carbons (Fsp3) is 0.263. The number of piperazine rings is 1. The van der Waals surface area contributed by atoms with Crippen molar-refractivity contribution >= 4 is 29.1 Å². The van der Waals surface area contributed by atoms with Gasteiger partial charge in [-0.3, -0.25) is 9.59 Å². The summed E-state index contributed by atoms with van der Waals surface area (Å²) in [6, 6.07) is 13.9. The molecule has 2 aromatic rings. The summed E-state index contributed by atoms with van der Waals surface area (Å²) in [6.07, 6.45) is 0. The third-order valence-electron chi connectivity index (χ3n) is 4.28. The van der Waals surface area contributed by atoms with E-state index in [2.05, 4.69) is 10.2 Å². The lowest BCUT2D eigenvalue weighted by Crippen LogP contribution is -2.47. The van der Waals surface area contributed by atoms with Gasteiger partial charge in [0, 0.05) is 37.4 Å². The number of amides is 2. The van der Waals surface area contributed by atoms with Gasteiger partial charge >= 0.3 is 0 Å². The first-order valence-electron chi connectivity index (χ1n) is 8.18. The molecule has 5 nitrogen and oxygen atoms in total. The van der Waals surface area contributed by atoms with Gasteiger partial charge in [0.15, 0.2) is 0 Å². The van der Waals surface area contributed by atoms with E-state index < -0.39 is 0 Å². The second-order valence-electron chi connectivity index (χ2n) is 6.11. The number of nitrogens with one attached hydrogen (secondary N) is 1. The zero-order chi connectivity index (χ0) is 17.8. The van der Waals surface area contributed by atoms with Crippen LogP contribution in [0.25, 0.3) is 0 Å². The summed E-state index contributed by atoms with van der Waals surface area (Å²) in [5.74, 6) is -0.309. The molecule has 0 aliphatic carbocycles. The van der Waals surface area contributed by atoms with E-state index in [4.69, 9.17) is 11.6 Å². The molecule has 0 saturated carbocycles. The average molecular weight is 358 g/mol. The predicted molar refractivity (Wildman–Crippen MR) is 99.2 cm³/mol. The molecule has 2 aromatic carbocycles. The number of rotatable bonds is 3. The maximum atomic E-state index is 12.6. The molecule has 130 valence electrons. The molecule has 1 fully saturated rings. The molecular weight excluding hydrogens is 338 g/mol. The maximum absolute atomic E-state index is 12.6. The van der Waals surface area contributed by atoms with E-state index in [1.807, 2.05) is 11.9 Å². The van der Waals surface area contributed by atoms with Gasteiger partial charge < -0.3 is 15.1 Å². The molecule has 1 saturated heterocycles. The van der Waals surface area contributed by atoms with E-state index in [-0.39, 0.29) is 11.8 Å². The lowest BCUT2D eigenvalue weighted by molar-refractivity contribution is 0.0664. The maximum Gasteiger partial charge on any atom is 0.257 e. The fourth-order valence-electron chi connectivity index (χ4n) is 2.77. The molecular formula is C19H20ClN3O2. The molecule has 1 aliphatic heterocycles. The van der Waals surface area contributed by atoms with Crippen LogP contribution in [0.5, 0.6) is 0 Å². The van der Waals surface area contributed by atoms with E-state index in [1.54, 1.807) is 48.5 Å². The van der Waals surface area contributed by atoms with Crippen LogP contribution in [0.2, 0.25) is 5.02 Å². The minimum atomic E-state index is -0.296. The largest absolute Gasteiger partial charge is 0.336 e. The predicted octanol–water partition coefficient (Wildman–Crippen LogP) is 2.98. The van der Waals surface area contributed by atoms with Crippen LogP contribution in [-0.4, -0.2) is 54.8 Å². The van der Waals surface area contributed by atoms with Crippen molar-refractivity contribution in [1.29, 1.82) is 0 Å². The van der Waals surface area contributed by atoms with Crippen molar-refractivity contribution in [2.24, 2.45) is 0 Å². The smallest absolute Gasteiger partial charge is 0.257 e. The highest BCUT2D eigenvalue weighted by atomic mass is 35.5. The minimum Gasteiger partial charge on any atom is -0.336 e. The fourth-order valence-corrected chi connectivity index (χ4v) is 2.99. The van der Waals surface area contributed by atoms with Gasteiger partial charge in [0.05, 0.1) is 10.6 Å². The Labute approximate surface area is 152 Å². The van der Waals surface area contributed by atoms with Gasteiger partial charge in [-0.25, -0.2) is 0 Å². The van der Waals surface area contributed by atoms with Gasteiger partial charge in [-0.05, 0) is 37.4 Å². The number of carbonyl (C=O) groups excluding carboxylic acids is 2. The van der Waals surface area contributed by atoms with E-state index in [1.165, 1.54) is 0 Å². The summed E-state index contributed by atoms with van der Waals surface area (Å²) >= 11 is 6.05. The minimum absolute atomic E-state index is 0.0121. The third-order valence-corrected chi connectivity index (χ3v) is 4.61. The number of carbonyl (C=O) groups is 2. The van der Waals surface area contributed by atoms with E-state index >= 15 is 0 Å². The molecule has 1 heterocycles. The molecule has 1 N–H and O–H groups in total. The van der Waals surface area contributed by atoms with Gasteiger partial charge in [0.25, 0.3) is 11.8 Å². The summed E-state index contributed by atoms with van der Waals surface area (Å²) in [7, 11) is 2.05. The van der Waals surface area contributed by atoms with Crippen LogP contribution in [0.1, 0.15) is 20.7 Å². The van der Waals surface area contributed by atoms with Crippen molar-refractivity contribution < 1.29 is 9.59 Å². The van der Waals surface area contributed by atoms with Crippen LogP contribution < -0.4 is 5.32 Å². The van der Waals surface area contributed by atoms with Gasteiger partial charge in [0.2, 0.25) is 0 Å². The normalized spacial score (nSPS) is 15.0. The summed E-state index contributed by atoms with van der Waals surface area (Å²) in [5.41, 5.74) is 1.55. The van der Waals surface area contributed by atoms with Gasteiger partial charge in [-0.1, -0.05) is 29.8 Å². The number of halogens is 1. The zero-order valence-electron chi connectivity index (χ0n) is 14.0. The molecule has 1 aliphatic rings. The lowest BCUT2D eigenvalue weighted by Gasteiger charge is -2.32. The average Bonchev–Trinajstić information content (AvgIpc) is 2.62. The highest BCUT2D eigenvalue weighted by molar-refractivity contribution is 6.34. The Morgan fingerprint density at radius 1 is 1.00 bits per heavy atom. The number of benzene rings is 2.